The van der Waals surface area contributed by atoms with Crippen LogP contribution >= 0.6 is 0 Å². The van der Waals surface area contributed by atoms with Crippen LogP contribution in [0.1, 0.15) is 6.42 Å². The first-order valence-electron chi connectivity index (χ1n) is 8.30. The molecule has 7 nitrogen and oxygen atoms in total. The van der Waals surface area contributed by atoms with Crippen LogP contribution in [-0.4, -0.2) is 61.5 Å². The molecule has 5 unspecified atom stereocenters. The third kappa shape index (κ3) is 2.38. The van der Waals surface area contributed by atoms with E-state index in [9.17, 15) is 14.4 Å². The van der Waals surface area contributed by atoms with Gasteiger partial charge >= 0.3 is 0 Å². The predicted octanol–water partition coefficient (Wildman–Crippen LogP) is -1.10. The molecule has 0 aromatic carbocycles. The fourth-order valence-electron chi connectivity index (χ4n) is 4.32. The van der Waals surface area contributed by atoms with Crippen molar-refractivity contribution in [1.29, 1.82) is 0 Å². The van der Waals surface area contributed by atoms with E-state index in [0.29, 0.717) is 13.2 Å². The Bertz CT molecular complexity index is 540. The first-order chi connectivity index (χ1) is 11.2. The van der Waals surface area contributed by atoms with Crippen LogP contribution in [0.4, 0.5) is 0 Å². The van der Waals surface area contributed by atoms with Crippen LogP contribution in [0.15, 0.2) is 12.2 Å². The monoisotopic (exact) mass is 319 g/mol. The highest BCUT2D eigenvalue weighted by Crippen LogP contribution is 2.52. The molecule has 2 heterocycles. The zero-order valence-electron chi connectivity index (χ0n) is 12.9. The maximum Gasteiger partial charge on any atom is 0.250 e. The Morgan fingerprint density at radius 2 is 1.96 bits per heavy atom. The molecular formula is C16H21N3O4. The van der Waals surface area contributed by atoms with Crippen LogP contribution < -0.4 is 10.6 Å². The van der Waals surface area contributed by atoms with Gasteiger partial charge in [-0.25, -0.2) is 0 Å². The minimum Gasteiger partial charge on any atom is -0.366 e. The Labute approximate surface area is 134 Å². The normalized spacial score (nSPS) is 38.3. The summed E-state index contributed by atoms with van der Waals surface area (Å²) in [5.41, 5.74) is 0. The van der Waals surface area contributed by atoms with Crippen LogP contribution in [-0.2, 0) is 19.1 Å². The van der Waals surface area contributed by atoms with Crippen molar-refractivity contribution >= 4 is 17.7 Å². The number of hydrogen-bond donors (Lipinski definition) is 2. The summed E-state index contributed by atoms with van der Waals surface area (Å²) in [6.45, 7) is 2.28. The largest absolute Gasteiger partial charge is 0.366 e. The van der Waals surface area contributed by atoms with E-state index in [4.69, 9.17) is 4.74 Å². The number of allylic oxidation sites excluding steroid dienone is 2. The average Bonchev–Trinajstić information content (AvgIpc) is 3.25. The van der Waals surface area contributed by atoms with E-state index in [2.05, 4.69) is 22.8 Å². The summed E-state index contributed by atoms with van der Waals surface area (Å²) >= 11 is 0. The lowest BCUT2D eigenvalue weighted by Crippen LogP contribution is -2.49. The van der Waals surface area contributed by atoms with Gasteiger partial charge < -0.3 is 15.4 Å². The van der Waals surface area contributed by atoms with Gasteiger partial charge in [-0.05, 0) is 18.3 Å². The number of morpholine rings is 1. The SMILES string of the molecule is O=C(NCCN1C(=O)C2C3C=CC(C3)C2C1=O)C1CNCCO1. The maximum absolute atomic E-state index is 12.5. The molecule has 2 bridgehead atoms. The summed E-state index contributed by atoms with van der Waals surface area (Å²) in [4.78, 5) is 38.3. The molecule has 4 aliphatic rings. The fraction of sp³-hybridized carbons (Fsp3) is 0.688. The molecule has 0 aromatic heterocycles. The van der Waals surface area contributed by atoms with E-state index in [1.54, 1.807) is 0 Å². The molecule has 2 aliphatic heterocycles. The first-order valence-corrected chi connectivity index (χ1v) is 8.30. The molecule has 2 aliphatic carbocycles. The van der Waals surface area contributed by atoms with Crippen LogP contribution in [0.25, 0.3) is 0 Å². The Kier molecular flexibility index (Phi) is 3.69. The highest BCUT2D eigenvalue weighted by atomic mass is 16.5. The summed E-state index contributed by atoms with van der Waals surface area (Å²) in [5.74, 6) is -0.217. The third-order valence-corrected chi connectivity index (χ3v) is 5.42. The number of nitrogens with zero attached hydrogens (tertiary/aromatic N) is 1. The molecule has 4 rings (SSSR count). The van der Waals surface area contributed by atoms with E-state index in [1.807, 2.05) is 0 Å². The topological polar surface area (TPSA) is 87.7 Å². The van der Waals surface area contributed by atoms with Crippen molar-refractivity contribution in [2.24, 2.45) is 23.7 Å². The first kappa shape index (κ1) is 14.8. The standard InChI is InChI=1S/C16H21N3O4/c20-14(11-8-17-4-6-23-11)18-3-5-19-15(21)12-9-1-2-10(7-9)13(12)16(19)22/h1-2,9-13,17H,3-8H2,(H,18,20). The van der Waals surface area contributed by atoms with E-state index in [1.165, 1.54) is 4.90 Å². The molecule has 0 aromatic rings. The molecule has 23 heavy (non-hydrogen) atoms. The van der Waals surface area contributed by atoms with Gasteiger partial charge in [-0.15, -0.1) is 0 Å². The van der Waals surface area contributed by atoms with Crippen LogP contribution in [0.3, 0.4) is 0 Å². The molecular weight excluding hydrogens is 298 g/mol. The quantitative estimate of drug-likeness (QED) is 0.507. The van der Waals surface area contributed by atoms with Crippen LogP contribution in [0, 0.1) is 23.7 Å². The third-order valence-electron chi connectivity index (χ3n) is 5.42. The zero-order valence-corrected chi connectivity index (χ0v) is 12.9. The molecule has 7 heteroatoms. The van der Waals surface area contributed by atoms with E-state index < -0.39 is 6.10 Å². The lowest BCUT2D eigenvalue weighted by Gasteiger charge is -2.23. The number of imide groups is 1. The van der Waals surface area contributed by atoms with Gasteiger partial charge in [0.2, 0.25) is 11.8 Å². The minimum atomic E-state index is -0.492. The number of carbonyl (C=O) groups excluding carboxylic acids is 3. The predicted molar refractivity (Wildman–Crippen MR) is 80.1 cm³/mol. The van der Waals surface area contributed by atoms with Crippen molar-refractivity contribution in [3.05, 3.63) is 12.2 Å². The molecule has 3 fully saturated rings. The summed E-state index contributed by atoms with van der Waals surface area (Å²) in [5, 5.41) is 5.85. The maximum atomic E-state index is 12.5. The van der Waals surface area contributed by atoms with Gasteiger partial charge in [-0.3, -0.25) is 19.3 Å². The van der Waals surface area contributed by atoms with Crippen molar-refractivity contribution in [3.8, 4) is 0 Å². The molecule has 2 saturated heterocycles. The smallest absolute Gasteiger partial charge is 0.250 e. The zero-order chi connectivity index (χ0) is 16.0. The highest BCUT2D eigenvalue weighted by Gasteiger charge is 2.58. The lowest BCUT2D eigenvalue weighted by atomic mass is 9.85. The Balaban J connectivity index is 1.31. The summed E-state index contributed by atoms with van der Waals surface area (Å²) in [6, 6.07) is 0. The van der Waals surface area contributed by atoms with E-state index >= 15 is 0 Å². The van der Waals surface area contributed by atoms with Gasteiger partial charge in [-0.2, -0.15) is 0 Å². The summed E-state index contributed by atoms with van der Waals surface area (Å²) in [6.07, 6.45) is 4.60. The van der Waals surface area contributed by atoms with Crippen LogP contribution in [0.2, 0.25) is 0 Å². The highest BCUT2D eigenvalue weighted by molar-refractivity contribution is 6.06. The van der Waals surface area contributed by atoms with Crippen LogP contribution in [0.5, 0.6) is 0 Å². The van der Waals surface area contributed by atoms with E-state index in [-0.39, 0.29) is 54.5 Å². The number of amides is 3. The molecule has 2 N–H and O–H groups in total. The molecule has 1 saturated carbocycles. The number of ether oxygens (including phenoxy) is 1. The summed E-state index contributed by atoms with van der Waals surface area (Å²) in [7, 11) is 0. The van der Waals surface area contributed by atoms with Gasteiger partial charge in [0.05, 0.1) is 18.4 Å². The van der Waals surface area contributed by atoms with Gasteiger partial charge in [0.15, 0.2) is 0 Å². The Morgan fingerprint density at radius 3 is 2.57 bits per heavy atom. The molecule has 0 spiro atoms. The average molecular weight is 319 g/mol. The van der Waals surface area contributed by atoms with Crippen molar-refractivity contribution in [2.75, 3.05) is 32.8 Å². The molecule has 5 atom stereocenters. The number of hydrogen-bond acceptors (Lipinski definition) is 5. The lowest BCUT2D eigenvalue weighted by molar-refractivity contribution is -0.141. The van der Waals surface area contributed by atoms with Gasteiger partial charge in [0, 0.05) is 26.2 Å². The Hall–Kier alpha value is -1.73. The Morgan fingerprint density at radius 1 is 1.26 bits per heavy atom. The van der Waals surface area contributed by atoms with Gasteiger partial charge in [-0.1, -0.05) is 12.2 Å². The molecule has 124 valence electrons. The molecule has 0 radical (unpaired) electrons. The van der Waals surface area contributed by atoms with Crippen molar-refractivity contribution in [2.45, 2.75) is 12.5 Å². The van der Waals surface area contributed by atoms with Crippen molar-refractivity contribution in [1.82, 2.24) is 15.5 Å². The van der Waals surface area contributed by atoms with Gasteiger partial charge in [0.1, 0.15) is 6.10 Å². The van der Waals surface area contributed by atoms with Crippen molar-refractivity contribution in [3.63, 3.8) is 0 Å². The minimum absolute atomic E-state index is 0.0679. The number of likely N-dealkylation sites (tertiary alicyclic amines) is 1. The van der Waals surface area contributed by atoms with Gasteiger partial charge in [0.25, 0.3) is 5.91 Å². The molecule has 3 amide bonds. The number of fused-ring (bicyclic) bond motifs is 5. The number of nitrogens with one attached hydrogen (secondary N) is 2. The second kappa shape index (κ2) is 5.72. The summed E-state index contributed by atoms with van der Waals surface area (Å²) < 4.78 is 5.37. The number of rotatable bonds is 4. The fourth-order valence-corrected chi connectivity index (χ4v) is 4.32. The van der Waals surface area contributed by atoms with E-state index in [0.717, 1.165) is 13.0 Å². The number of carbonyl (C=O) groups is 3. The van der Waals surface area contributed by atoms with Crippen molar-refractivity contribution < 1.29 is 19.1 Å². The second-order valence-electron chi connectivity index (χ2n) is 6.68. The second-order valence-corrected chi connectivity index (χ2v) is 6.68.